The highest BCUT2D eigenvalue weighted by Gasteiger charge is 2.31. The minimum absolute atomic E-state index is 0.0241. The van der Waals surface area contributed by atoms with Crippen molar-refractivity contribution in [2.24, 2.45) is 13.0 Å². The van der Waals surface area contributed by atoms with Gasteiger partial charge in [0.2, 0.25) is 11.6 Å². The van der Waals surface area contributed by atoms with Gasteiger partial charge < -0.3 is 20.1 Å². The zero-order chi connectivity index (χ0) is 14.9. The van der Waals surface area contributed by atoms with Crippen LogP contribution in [-0.2, 0) is 11.8 Å². The zero-order valence-electron chi connectivity index (χ0n) is 11.6. The molecule has 1 N–H and O–H groups in total. The highest BCUT2D eigenvalue weighted by Crippen LogP contribution is 2.32. The molecule has 2 heterocycles. The summed E-state index contributed by atoms with van der Waals surface area (Å²) in [7, 11) is 1.74. The predicted octanol–water partition coefficient (Wildman–Crippen LogP) is 1.33. The van der Waals surface area contributed by atoms with Gasteiger partial charge in [0.25, 0.3) is 0 Å². The average molecular weight is 282 g/mol. The van der Waals surface area contributed by atoms with E-state index < -0.39 is 10.9 Å². The highest BCUT2D eigenvalue weighted by molar-refractivity contribution is 5.67. The molecule has 0 spiro atoms. The maximum atomic E-state index is 11.1. The minimum Gasteiger partial charge on any atom is -0.481 e. The fraction of sp³-hybridized carbons (Fsp3) is 0.667. The van der Waals surface area contributed by atoms with Crippen LogP contribution in [0.25, 0.3) is 0 Å². The average Bonchev–Trinajstić information content (AvgIpc) is 2.66. The molecule has 1 aliphatic heterocycles. The second-order valence-corrected chi connectivity index (χ2v) is 5.17. The summed E-state index contributed by atoms with van der Waals surface area (Å²) in [4.78, 5) is 27.3. The van der Waals surface area contributed by atoms with E-state index >= 15 is 0 Å². The molecule has 0 aliphatic carbocycles. The first kappa shape index (κ1) is 14.3. The van der Waals surface area contributed by atoms with E-state index in [0.29, 0.717) is 24.7 Å². The van der Waals surface area contributed by atoms with Gasteiger partial charge in [0, 0.05) is 33.5 Å². The van der Waals surface area contributed by atoms with E-state index in [2.05, 4.69) is 4.98 Å². The van der Waals surface area contributed by atoms with Gasteiger partial charge in [0.15, 0.2) is 0 Å². The first-order valence-electron chi connectivity index (χ1n) is 6.54. The lowest BCUT2D eigenvalue weighted by Crippen LogP contribution is -2.37. The Hall–Kier alpha value is -2.12. The van der Waals surface area contributed by atoms with Gasteiger partial charge in [-0.25, -0.2) is 0 Å². The summed E-state index contributed by atoms with van der Waals surface area (Å²) in [5.41, 5.74) is 0. The van der Waals surface area contributed by atoms with Gasteiger partial charge in [0.1, 0.15) is 0 Å². The topological polar surface area (TPSA) is 102 Å². The van der Waals surface area contributed by atoms with Crippen LogP contribution in [0.3, 0.4) is 0 Å². The van der Waals surface area contributed by atoms with Crippen molar-refractivity contribution in [3.63, 3.8) is 0 Å². The molecule has 20 heavy (non-hydrogen) atoms. The van der Waals surface area contributed by atoms with Crippen LogP contribution in [0.1, 0.15) is 25.1 Å². The first-order valence-corrected chi connectivity index (χ1v) is 6.54. The number of aryl methyl sites for hydroxylation is 1. The number of piperidine rings is 1. The van der Waals surface area contributed by atoms with Crippen molar-refractivity contribution < 1.29 is 14.8 Å². The summed E-state index contributed by atoms with van der Waals surface area (Å²) in [6.07, 6.45) is 1.77. The standard InChI is InChI=1S/C12H18N4O4/c1-8-13-11(16(19)20)12(14(8)2)15-5-3-4-9(7-15)6-10(17)18/h9H,3-7H2,1-2H3,(H,17,18). The predicted molar refractivity (Wildman–Crippen MR) is 71.8 cm³/mol. The van der Waals surface area contributed by atoms with E-state index in [1.165, 1.54) is 0 Å². The molecule has 1 atom stereocenters. The van der Waals surface area contributed by atoms with Crippen LogP contribution in [0, 0.1) is 23.0 Å². The number of anilines is 1. The van der Waals surface area contributed by atoms with E-state index in [4.69, 9.17) is 5.11 Å². The number of aliphatic carboxylic acids is 1. The fourth-order valence-electron chi connectivity index (χ4n) is 2.73. The van der Waals surface area contributed by atoms with Crippen molar-refractivity contribution in [1.82, 2.24) is 9.55 Å². The number of carboxylic acids is 1. The summed E-state index contributed by atoms with van der Waals surface area (Å²) in [6, 6.07) is 0. The van der Waals surface area contributed by atoms with Gasteiger partial charge >= 0.3 is 11.8 Å². The fourth-order valence-corrected chi connectivity index (χ4v) is 2.73. The summed E-state index contributed by atoms with van der Waals surface area (Å²) < 4.78 is 1.70. The lowest BCUT2D eigenvalue weighted by atomic mass is 9.95. The lowest BCUT2D eigenvalue weighted by Gasteiger charge is -2.32. The van der Waals surface area contributed by atoms with Crippen LogP contribution in [0.15, 0.2) is 0 Å². The van der Waals surface area contributed by atoms with E-state index in [-0.39, 0.29) is 18.2 Å². The lowest BCUT2D eigenvalue weighted by molar-refractivity contribution is -0.388. The Balaban J connectivity index is 2.26. The normalized spacial score (nSPS) is 19.1. The van der Waals surface area contributed by atoms with Crippen LogP contribution in [-0.4, -0.2) is 38.6 Å². The van der Waals surface area contributed by atoms with Gasteiger partial charge in [-0.15, -0.1) is 0 Å². The van der Waals surface area contributed by atoms with E-state index in [9.17, 15) is 14.9 Å². The molecule has 0 saturated carbocycles. The third-order valence-corrected chi connectivity index (χ3v) is 3.73. The van der Waals surface area contributed by atoms with Crippen LogP contribution in [0.2, 0.25) is 0 Å². The molecule has 0 bridgehead atoms. The maximum Gasteiger partial charge on any atom is 0.406 e. The second-order valence-electron chi connectivity index (χ2n) is 5.17. The van der Waals surface area contributed by atoms with Crippen molar-refractivity contribution >= 4 is 17.6 Å². The van der Waals surface area contributed by atoms with Crippen molar-refractivity contribution in [2.45, 2.75) is 26.2 Å². The number of rotatable bonds is 4. The molecule has 0 amide bonds. The molecule has 8 heteroatoms. The number of aromatic nitrogens is 2. The Kier molecular flexibility index (Phi) is 3.91. The van der Waals surface area contributed by atoms with Gasteiger partial charge in [0.05, 0.1) is 0 Å². The SMILES string of the molecule is Cc1nc([N+](=O)[O-])c(N2CCCC(CC(=O)O)C2)n1C. The number of carboxylic acid groups (broad SMARTS) is 1. The summed E-state index contributed by atoms with van der Waals surface area (Å²) >= 11 is 0. The molecule has 1 aromatic rings. The third kappa shape index (κ3) is 2.73. The molecule has 2 rings (SSSR count). The number of nitro groups is 1. The number of imidazole rings is 1. The van der Waals surface area contributed by atoms with Crippen LogP contribution in [0.4, 0.5) is 11.6 Å². The van der Waals surface area contributed by atoms with Crippen molar-refractivity contribution in [2.75, 3.05) is 18.0 Å². The second kappa shape index (κ2) is 5.48. The number of hydrogen-bond donors (Lipinski definition) is 1. The van der Waals surface area contributed by atoms with Crippen molar-refractivity contribution in [3.8, 4) is 0 Å². The summed E-state index contributed by atoms with van der Waals surface area (Å²) in [6.45, 7) is 2.93. The molecule has 1 unspecified atom stereocenters. The monoisotopic (exact) mass is 282 g/mol. The number of hydrogen-bond acceptors (Lipinski definition) is 5. The van der Waals surface area contributed by atoms with Crippen molar-refractivity contribution in [1.29, 1.82) is 0 Å². The van der Waals surface area contributed by atoms with Gasteiger partial charge in [-0.3, -0.25) is 9.36 Å². The smallest absolute Gasteiger partial charge is 0.406 e. The number of nitrogens with zero attached hydrogens (tertiary/aromatic N) is 4. The maximum absolute atomic E-state index is 11.1. The van der Waals surface area contributed by atoms with Crippen LogP contribution >= 0.6 is 0 Å². The minimum atomic E-state index is -0.826. The molecule has 1 saturated heterocycles. The van der Waals surface area contributed by atoms with Gasteiger partial charge in [-0.05, 0) is 28.7 Å². The van der Waals surface area contributed by atoms with Crippen LogP contribution in [0.5, 0.6) is 0 Å². The molecule has 1 fully saturated rings. The van der Waals surface area contributed by atoms with E-state index in [0.717, 1.165) is 12.8 Å². The first-order chi connectivity index (χ1) is 9.40. The summed E-state index contributed by atoms with van der Waals surface area (Å²) in [5.74, 6) is 0.0965. The van der Waals surface area contributed by atoms with Crippen molar-refractivity contribution in [3.05, 3.63) is 15.9 Å². The summed E-state index contributed by atoms with van der Waals surface area (Å²) in [5, 5.41) is 20.0. The van der Waals surface area contributed by atoms with E-state index in [1.54, 1.807) is 18.5 Å². The van der Waals surface area contributed by atoms with Crippen LogP contribution < -0.4 is 4.90 Å². The molecule has 0 radical (unpaired) electrons. The van der Waals surface area contributed by atoms with Gasteiger partial charge in [-0.2, -0.15) is 0 Å². The van der Waals surface area contributed by atoms with E-state index in [1.807, 2.05) is 4.90 Å². The quantitative estimate of drug-likeness (QED) is 0.660. The molecule has 1 aromatic heterocycles. The highest BCUT2D eigenvalue weighted by atomic mass is 16.6. The largest absolute Gasteiger partial charge is 0.481 e. The number of carbonyl (C=O) groups is 1. The Morgan fingerprint density at radius 3 is 2.90 bits per heavy atom. The Labute approximate surface area is 116 Å². The Bertz CT molecular complexity index is 540. The molecule has 110 valence electrons. The Morgan fingerprint density at radius 2 is 2.30 bits per heavy atom. The van der Waals surface area contributed by atoms with Gasteiger partial charge in [-0.1, -0.05) is 0 Å². The molecule has 1 aliphatic rings. The molecular weight excluding hydrogens is 264 g/mol. The zero-order valence-corrected chi connectivity index (χ0v) is 11.6. The molecule has 0 aromatic carbocycles. The molecular formula is C12H18N4O4. The Morgan fingerprint density at radius 1 is 1.60 bits per heavy atom. The molecule has 8 nitrogen and oxygen atoms in total. The third-order valence-electron chi connectivity index (χ3n) is 3.73.